The van der Waals surface area contributed by atoms with Gasteiger partial charge in [0.2, 0.25) is 0 Å². The van der Waals surface area contributed by atoms with Crippen molar-refractivity contribution < 1.29 is 9.53 Å². The number of benzene rings is 1. The molecule has 0 saturated carbocycles. The number of halogens is 1. The molecule has 126 valence electrons. The molecule has 0 spiro atoms. The summed E-state index contributed by atoms with van der Waals surface area (Å²) in [6, 6.07) is 6.32. The van der Waals surface area contributed by atoms with Crippen LogP contribution in [0.5, 0.6) is 0 Å². The maximum absolute atomic E-state index is 12.1. The average molecular weight is 380 g/mol. The highest BCUT2D eigenvalue weighted by Gasteiger charge is 2.15. The Kier molecular flexibility index (Phi) is 7.15. The van der Waals surface area contributed by atoms with Crippen molar-refractivity contribution in [2.45, 2.75) is 46.0 Å². The van der Waals surface area contributed by atoms with E-state index in [1.54, 1.807) is 0 Å². The number of esters is 1. The van der Waals surface area contributed by atoms with Gasteiger partial charge >= 0.3 is 5.97 Å². The van der Waals surface area contributed by atoms with Crippen LogP contribution in [0.1, 0.15) is 51.5 Å². The maximum atomic E-state index is 12.1. The number of rotatable bonds is 5. The zero-order valence-corrected chi connectivity index (χ0v) is 15.7. The SMILES string of the molecule is CCOC(=O)/C(=C/c1cc(Br)ccc1N1CCCCCC1)CC. The van der Waals surface area contributed by atoms with Crippen molar-refractivity contribution in [1.29, 1.82) is 0 Å². The zero-order chi connectivity index (χ0) is 16.7. The molecule has 0 aliphatic carbocycles. The third kappa shape index (κ3) is 5.10. The largest absolute Gasteiger partial charge is 0.463 e. The smallest absolute Gasteiger partial charge is 0.333 e. The van der Waals surface area contributed by atoms with Gasteiger partial charge in [0.15, 0.2) is 0 Å². The van der Waals surface area contributed by atoms with Gasteiger partial charge < -0.3 is 9.64 Å². The number of anilines is 1. The highest BCUT2D eigenvalue weighted by molar-refractivity contribution is 9.10. The first-order valence-corrected chi connectivity index (χ1v) is 9.37. The van der Waals surface area contributed by atoms with Crippen molar-refractivity contribution >= 4 is 33.7 Å². The summed E-state index contributed by atoms with van der Waals surface area (Å²) >= 11 is 3.55. The molecular weight excluding hydrogens is 354 g/mol. The summed E-state index contributed by atoms with van der Waals surface area (Å²) in [7, 11) is 0. The number of nitrogens with zero attached hydrogens (tertiary/aromatic N) is 1. The molecule has 1 aromatic carbocycles. The van der Waals surface area contributed by atoms with Gasteiger partial charge in [-0.2, -0.15) is 0 Å². The van der Waals surface area contributed by atoms with Crippen LogP contribution in [0, 0.1) is 0 Å². The lowest BCUT2D eigenvalue weighted by Gasteiger charge is -2.25. The standard InChI is InChI=1S/C19H26BrNO2/c1-3-15(19(22)23-4-2)13-16-14-17(20)9-10-18(16)21-11-7-5-6-8-12-21/h9-10,13-14H,3-8,11-12H2,1-2H3/b15-13+. The Hall–Kier alpha value is -1.29. The molecule has 1 heterocycles. The normalized spacial score (nSPS) is 16.1. The Morgan fingerprint density at radius 2 is 1.91 bits per heavy atom. The molecule has 1 aliphatic rings. The van der Waals surface area contributed by atoms with Crippen molar-refractivity contribution in [1.82, 2.24) is 0 Å². The van der Waals surface area contributed by atoms with E-state index in [-0.39, 0.29) is 5.97 Å². The fourth-order valence-corrected chi connectivity index (χ4v) is 3.34. The van der Waals surface area contributed by atoms with Crippen molar-refractivity contribution in [3.63, 3.8) is 0 Å². The summed E-state index contributed by atoms with van der Waals surface area (Å²) < 4.78 is 6.20. The number of ether oxygens (including phenoxy) is 1. The lowest BCUT2D eigenvalue weighted by atomic mass is 10.1. The molecule has 0 atom stereocenters. The van der Waals surface area contributed by atoms with Crippen LogP contribution >= 0.6 is 15.9 Å². The van der Waals surface area contributed by atoms with E-state index in [1.165, 1.54) is 31.4 Å². The third-order valence-electron chi connectivity index (χ3n) is 4.18. The Labute approximate surface area is 147 Å². The first kappa shape index (κ1) is 18.1. The zero-order valence-electron chi connectivity index (χ0n) is 14.1. The number of hydrogen-bond donors (Lipinski definition) is 0. The summed E-state index contributed by atoms with van der Waals surface area (Å²) in [4.78, 5) is 14.5. The molecule has 1 aromatic rings. The minimum Gasteiger partial charge on any atom is -0.463 e. The Balaban J connectivity index is 2.35. The molecule has 1 aliphatic heterocycles. The first-order valence-electron chi connectivity index (χ1n) is 8.58. The third-order valence-corrected chi connectivity index (χ3v) is 4.68. The van der Waals surface area contributed by atoms with Crippen LogP contribution in [0.3, 0.4) is 0 Å². The monoisotopic (exact) mass is 379 g/mol. The van der Waals surface area contributed by atoms with Gasteiger partial charge in [0, 0.05) is 28.8 Å². The Bertz CT molecular complexity index is 560. The second-order valence-electron chi connectivity index (χ2n) is 5.85. The van der Waals surface area contributed by atoms with Crippen LogP contribution in [0.25, 0.3) is 6.08 Å². The van der Waals surface area contributed by atoms with E-state index in [1.807, 2.05) is 19.9 Å². The van der Waals surface area contributed by atoms with Gasteiger partial charge in [0.25, 0.3) is 0 Å². The second-order valence-corrected chi connectivity index (χ2v) is 6.76. The first-order chi connectivity index (χ1) is 11.2. The number of carbonyl (C=O) groups excluding carboxylic acids is 1. The predicted molar refractivity (Wildman–Crippen MR) is 99.7 cm³/mol. The predicted octanol–water partition coefficient (Wildman–Crippen LogP) is 5.19. The molecule has 0 unspecified atom stereocenters. The van der Waals surface area contributed by atoms with E-state index < -0.39 is 0 Å². The number of hydrogen-bond acceptors (Lipinski definition) is 3. The molecule has 23 heavy (non-hydrogen) atoms. The lowest BCUT2D eigenvalue weighted by molar-refractivity contribution is -0.138. The minimum absolute atomic E-state index is 0.211. The highest BCUT2D eigenvalue weighted by Crippen LogP contribution is 2.29. The molecule has 0 amide bonds. The fourth-order valence-electron chi connectivity index (χ4n) is 2.96. The quantitative estimate of drug-likeness (QED) is 0.520. The topological polar surface area (TPSA) is 29.5 Å². The fraction of sp³-hybridized carbons (Fsp3) is 0.526. The summed E-state index contributed by atoms with van der Waals surface area (Å²) in [5.74, 6) is -0.211. The van der Waals surface area contributed by atoms with Crippen LogP contribution < -0.4 is 4.90 Å². The van der Waals surface area contributed by atoms with Crippen LogP contribution in [0.2, 0.25) is 0 Å². The summed E-state index contributed by atoms with van der Waals surface area (Å²) in [5.41, 5.74) is 3.03. The second kappa shape index (κ2) is 9.11. The van der Waals surface area contributed by atoms with E-state index in [9.17, 15) is 4.79 Å². The van der Waals surface area contributed by atoms with Gasteiger partial charge in [-0.05, 0) is 56.0 Å². The minimum atomic E-state index is -0.211. The van der Waals surface area contributed by atoms with Crippen molar-refractivity contribution in [3.05, 3.63) is 33.8 Å². The molecular formula is C19H26BrNO2. The molecule has 1 fully saturated rings. The Morgan fingerprint density at radius 1 is 1.22 bits per heavy atom. The highest BCUT2D eigenvalue weighted by atomic mass is 79.9. The molecule has 0 radical (unpaired) electrons. The summed E-state index contributed by atoms with van der Waals surface area (Å²) in [6.45, 7) is 6.42. The van der Waals surface area contributed by atoms with Gasteiger partial charge in [0.05, 0.1) is 6.61 Å². The van der Waals surface area contributed by atoms with E-state index in [4.69, 9.17) is 4.74 Å². The van der Waals surface area contributed by atoms with Gasteiger partial charge in [0.1, 0.15) is 0 Å². The van der Waals surface area contributed by atoms with Gasteiger partial charge in [-0.25, -0.2) is 4.79 Å². The summed E-state index contributed by atoms with van der Waals surface area (Å²) in [6.07, 6.45) is 7.74. The lowest BCUT2D eigenvalue weighted by Crippen LogP contribution is -2.24. The molecule has 0 aromatic heterocycles. The summed E-state index contributed by atoms with van der Waals surface area (Å²) in [5, 5.41) is 0. The van der Waals surface area contributed by atoms with Crippen LogP contribution in [-0.4, -0.2) is 25.7 Å². The van der Waals surface area contributed by atoms with Crippen LogP contribution in [0.15, 0.2) is 28.2 Å². The van der Waals surface area contributed by atoms with Crippen LogP contribution in [0.4, 0.5) is 5.69 Å². The van der Waals surface area contributed by atoms with Gasteiger partial charge in [-0.3, -0.25) is 0 Å². The number of carbonyl (C=O) groups is 1. The Morgan fingerprint density at radius 3 is 2.52 bits per heavy atom. The molecule has 0 N–H and O–H groups in total. The molecule has 3 nitrogen and oxygen atoms in total. The van der Waals surface area contributed by atoms with E-state index in [2.05, 4.69) is 39.0 Å². The van der Waals surface area contributed by atoms with Crippen molar-refractivity contribution in [2.24, 2.45) is 0 Å². The van der Waals surface area contributed by atoms with Crippen molar-refractivity contribution in [3.8, 4) is 0 Å². The van der Waals surface area contributed by atoms with Crippen molar-refractivity contribution in [2.75, 3.05) is 24.6 Å². The molecule has 0 bridgehead atoms. The van der Waals surface area contributed by atoms with E-state index in [0.29, 0.717) is 13.0 Å². The molecule has 4 heteroatoms. The molecule has 1 saturated heterocycles. The average Bonchev–Trinajstić information content (AvgIpc) is 2.82. The molecule has 2 rings (SSSR count). The van der Waals surface area contributed by atoms with Gasteiger partial charge in [-0.15, -0.1) is 0 Å². The van der Waals surface area contributed by atoms with Crippen LogP contribution in [-0.2, 0) is 9.53 Å². The van der Waals surface area contributed by atoms with Gasteiger partial charge in [-0.1, -0.05) is 35.7 Å². The maximum Gasteiger partial charge on any atom is 0.333 e. The van der Waals surface area contributed by atoms with E-state index >= 15 is 0 Å². The van der Waals surface area contributed by atoms with E-state index in [0.717, 1.165) is 28.7 Å².